The van der Waals surface area contributed by atoms with E-state index in [9.17, 15) is 9.59 Å². The van der Waals surface area contributed by atoms with Crippen molar-refractivity contribution in [1.82, 2.24) is 10.6 Å². The number of rotatable bonds is 6. The van der Waals surface area contributed by atoms with Crippen molar-refractivity contribution in [3.63, 3.8) is 0 Å². The number of benzene rings is 1. The first kappa shape index (κ1) is 19.7. The van der Waals surface area contributed by atoms with Crippen molar-refractivity contribution >= 4 is 11.8 Å². The van der Waals surface area contributed by atoms with Gasteiger partial charge in [-0.2, -0.15) is 5.26 Å². The van der Waals surface area contributed by atoms with Crippen LogP contribution in [-0.4, -0.2) is 24.4 Å². The summed E-state index contributed by atoms with van der Waals surface area (Å²) in [5.41, 5.74) is 1.53. The van der Waals surface area contributed by atoms with Gasteiger partial charge in [0.05, 0.1) is 6.07 Å². The summed E-state index contributed by atoms with van der Waals surface area (Å²) in [4.78, 5) is 24.7. The lowest BCUT2D eigenvalue weighted by atomic mass is 9.86. The van der Waals surface area contributed by atoms with E-state index in [-0.39, 0.29) is 29.7 Å². The van der Waals surface area contributed by atoms with Crippen molar-refractivity contribution in [3.8, 4) is 6.07 Å². The van der Waals surface area contributed by atoms with E-state index in [2.05, 4.69) is 31.4 Å². The summed E-state index contributed by atoms with van der Waals surface area (Å²) < 4.78 is 0. The lowest BCUT2D eigenvalue weighted by molar-refractivity contribution is -0.123. The smallest absolute Gasteiger partial charge is 0.251 e. The van der Waals surface area contributed by atoms with Crippen molar-refractivity contribution in [3.05, 3.63) is 35.4 Å². The quantitative estimate of drug-likeness (QED) is 0.787. The van der Waals surface area contributed by atoms with Crippen molar-refractivity contribution in [2.24, 2.45) is 5.92 Å². The predicted molar refractivity (Wildman–Crippen MR) is 94.5 cm³/mol. The van der Waals surface area contributed by atoms with Crippen LogP contribution in [0.4, 0.5) is 0 Å². The van der Waals surface area contributed by atoms with Crippen molar-refractivity contribution < 1.29 is 9.59 Å². The minimum atomic E-state index is -0.649. The van der Waals surface area contributed by atoms with Crippen molar-refractivity contribution in [1.29, 1.82) is 5.26 Å². The standard InChI is InChI=1S/C19H27N3O2/c1-13(2)11-16(18(24)21-10-9-20)22-17(23)14-7-6-8-15(12-14)19(3,4)5/h6-8,12-13,16H,10-11H2,1-5H3,(H,21,24)(H,22,23)/t16-/m0/s1. The van der Waals surface area contributed by atoms with E-state index in [0.717, 1.165) is 5.56 Å². The average Bonchev–Trinajstić information content (AvgIpc) is 2.50. The molecule has 0 aliphatic carbocycles. The van der Waals surface area contributed by atoms with Crippen LogP contribution >= 0.6 is 0 Å². The second-order valence-corrected chi connectivity index (χ2v) is 7.36. The monoisotopic (exact) mass is 329 g/mol. The fourth-order valence-corrected chi connectivity index (χ4v) is 2.32. The highest BCUT2D eigenvalue weighted by molar-refractivity contribution is 5.97. The largest absolute Gasteiger partial charge is 0.341 e. The molecular weight excluding hydrogens is 302 g/mol. The Morgan fingerprint density at radius 2 is 1.92 bits per heavy atom. The summed E-state index contributed by atoms with van der Waals surface area (Å²) in [6, 6.07) is 8.66. The third-order valence-electron chi connectivity index (χ3n) is 3.66. The highest BCUT2D eigenvalue weighted by atomic mass is 16.2. The van der Waals surface area contributed by atoms with Crippen LogP contribution in [0.15, 0.2) is 24.3 Å². The second kappa shape index (κ2) is 8.49. The number of hydrogen-bond acceptors (Lipinski definition) is 3. The molecule has 0 spiro atoms. The van der Waals surface area contributed by atoms with Crippen LogP contribution in [0.2, 0.25) is 0 Å². The Bertz CT molecular complexity index is 624. The molecule has 1 aromatic carbocycles. The number of nitriles is 1. The fraction of sp³-hybridized carbons (Fsp3) is 0.526. The second-order valence-electron chi connectivity index (χ2n) is 7.36. The predicted octanol–water partition coefficient (Wildman–Crippen LogP) is 2.77. The van der Waals surface area contributed by atoms with E-state index in [1.165, 1.54) is 0 Å². The lowest BCUT2D eigenvalue weighted by Gasteiger charge is -2.21. The Balaban J connectivity index is 2.92. The molecule has 0 aliphatic rings. The summed E-state index contributed by atoms with van der Waals surface area (Å²) >= 11 is 0. The molecule has 5 heteroatoms. The third kappa shape index (κ3) is 6.04. The molecule has 0 aromatic heterocycles. The molecule has 5 nitrogen and oxygen atoms in total. The number of amides is 2. The maximum atomic E-state index is 12.5. The van der Waals surface area contributed by atoms with Gasteiger partial charge in [0, 0.05) is 5.56 Å². The van der Waals surface area contributed by atoms with E-state index in [1.54, 1.807) is 6.07 Å². The molecular formula is C19H27N3O2. The van der Waals surface area contributed by atoms with Gasteiger partial charge in [-0.05, 0) is 35.4 Å². The van der Waals surface area contributed by atoms with Crippen molar-refractivity contribution in [2.75, 3.05) is 6.54 Å². The maximum Gasteiger partial charge on any atom is 0.251 e. The van der Waals surface area contributed by atoms with Gasteiger partial charge >= 0.3 is 0 Å². The molecule has 1 atom stereocenters. The van der Waals surface area contributed by atoms with Gasteiger partial charge in [0.15, 0.2) is 0 Å². The normalized spacial score (nSPS) is 12.4. The summed E-state index contributed by atoms with van der Waals surface area (Å²) in [5.74, 6) is -0.367. The number of carbonyl (C=O) groups excluding carboxylic acids is 2. The van der Waals surface area contributed by atoms with Gasteiger partial charge < -0.3 is 10.6 Å². The first-order valence-corrected chi connectivity index (χ1v) is 8.21. The molecule has 0 bridgehead atoms. The van der Waals surface area contributed by atoms with Crippen LogP contribution in [-0.2, 0) is 10.2 Å². The van der Waals surface area contributed by atoms with Crippen LogP contribution in [0.5, 0.6) is 0 Å². The van der Waals surface area contributed by atoms with Crippen molar-refractivity contribution in [2.45, 2.75) is 52.5 Å². The van der Waals surface area contributed by atoms with Crippen LogP contribution in [0.3, 0.4) is 0 Å². The molecule has 0 unspecified atom stereocenters. The van der Waals surface area contributed by atoms with Crippen LogP contribution in [0, 0.1) is 17.2 Å². The molecule has 0 saturated carbocycles. The van der Waals surface area contributed by atoms with Crippen LogP contribution in [0.25, 0.3) is 0 Å². The number of hydrogen-bond donors (Lipinski definition) is 2. The molecule has 2 amide bonds. The summed E-state index contributed by atoms with van der Waals surface area (Å²) in [7, 11) is 0. The van der Waals surface area contributed by atoms with E-state index < -0.39 is 6.04 Å². The Morgan fingerprint density at radius 3 is 2.46 bits per heavy atom. The Morgan fingerprint density at radius 1 is 1.25 bits per heavy atom. The SMILES string of the molecule is CC(C)C[C@H](NC(=O)c1cccc(C(C)(C)C)c1)C(=O)NCC#N. The fourth-order valence-electron chi connectivity index (χ4n) is 2.32. The molecule has 24 heavy (non-hydrogen) atoms. The molecule has 1 rings (SSSR count). The maximum absolute atomic E-state index is 12.5. The Labute approximate surface area is 144 Å². The minimum Gasteiger partial charge on any atom is -0.341 e. The number of carbonyl (C=O) groups is 2. The molecule has 0 aliphatic heterocycles. The third-order valence-corrected chi connectivity index (χ3v) is 3.66. The zero-order chi connectivity index (χ0) is 18.3. The first-order valence-electron chi connectivity index (χ1n) is 8.21. The first-order chi connectivity index (χ1) is 11.1. The highest BCUT2D eigenvalue weighted by Crippen LogP contribution is 2.22. The van der Waals surface area contributed by atoms with Gasteiger partial charge in [0.25, 0.3) is 5.91 Å². The summed E-state index contributed by atoms with van der Waals surface area (Å²) in [5, 5.41) is 13.9. The summed E-state index contributed by atoms with van der Waals surface area (Å²) in [6.45, 7) is 10.2. The van der Waals surface area contributed by atoms with E-state index in [4.69, 9.17) is 5.26 Å². The van der Waals surface area contributed by atoms with E-state index in [1.807, 2.05) is 38.1 Å². The van der Waals surface area contributed by atoms with Gasteiger partial charge in [-0.1, -0.05) is 46.8 Å². The van der Waals surface area contributed by atoms with Gasteiger partial charge in [-0.3, -0.25) is 9.59 Å². The molecule has 2 N–H and O–H groups in total. The highest BCUT2D eigenvalue weighted by Gasteiger charge is 2.23. The molecule has 0 saturated heterocycles. The molecule has 0 heterocycles. The Hall–Kier alpha value is -2.35. The van der Waals surface area contributed by atoms with Gasteiger partial charge in [0.1, 0.15) is 12.6 Å². The topological polar surface area (TPSA) is 82.0 Å². The zero-order valence-electron chi connectivity index (χ0n) is 15.1. The average molecular weight is 329 g/mol. The molecule has 130 valence electrons. The zero-order valence-corrected chi connectivity index (χ0v) is 15.1. The summed E-state index contributed by atoms with van der Waals surface area (Å²) in [6.07, 6.45) is 0.516. The van der Waals surface area contributed by atoms with Crippen LogP contribution < -0.4 is 10.6 Å². The van der Waals surface area contributed by atoms with E-state index >= 15 is 0 Å². The minimum absolute atomic E-state index is 0.0577. The number of nitrogens with one attached hydrogen (secondary N) is 2. The Kier molecular flexibility index (Phi) is 6.97. The number of nitrogens with zero attached hydrogens (tertiary/aromatic N) is 1. The van der Waals surface area contributed by atoms with Crippen LogP contribution in [0.1, 0.15) is 57.0 Å². The molecule has 1 aromatic rings. The van der Waals surface area contributed by atoms with E-state index in [0.29, 0.717) is 12.0 Å². The molecule has 0 fully saturated rings. The van der Waals surface area contributed by atoms with Gasteiger partial charge in [0.2, 0.25) is 5.91 Å². The van der Waals surface area contributed by atoms with Gasteiger partial charge in [-0.25, -0.2) is 0 Å². The lowest BCUT2D eigenvalue weighted by Crippen LogP contribution is -2.47. The molecule has 0 radical (unpaired) electrons. The van der Waals surface area contributed by atoms with Gasteiger partial charge in [-0.15, -0.1) is 0 Å².